The second-order valence-corrected chi connectivity index (χ2v) is 7.39. The molecule has 0 spiro atoms. The van der Waals surface area contributed by atoms with Gasteiger partial charge in [-0.25, -0.2) is 9.78 Å². The Kier molecular flexibility index (Phi) is 5.35. The van der Waals surface area contributed by atoms with Crippen LogP contribution in [0.2, 0.25) is 5.02 Å². The Balaban J connectivity index is 1.48. The van der Waals surface area contributed by atoms with Crippen molar-refractivity contribution < 1.29 is 9.21 Å². The van der Waals surface area contributed by atoms with Crippen molar-refractivity contribution in [2.45, 2.75) is 31.8 Å². The number of nitrogens with zero attached hydrogens (tertiary/aromatic N) is 3. The first-order valence-corrected chi connectivity index (χ1v) is 9.66. The van der Waals surface area contributed by atoms with Crippen molar-refractivity contribution >= 4 is 17.5 Å². The zero-order valence-corrected chi connectivity index (χ0v) is 16.3. The van der Waals surface area contributed by atoms with Gasteiger partial charge in [-0.1, -0.05) is 23.7 Å². The largest absolute Gasteiger partial charge is 0.443 e. The number of H-pyrrole nitrogens is 1. The van der Waals surface area contributed by atoms with Crippen LogP contribution in [0.5, 0.6) is 0 Å². The van der Waals surface area contributed by atoms with Gasteiger partial charge in [0, 0.05) is 30.3 Å². The second-order valence-electron chi connectivity index (χ2n) is 6.95. The molecule has 1 amide bonds. The molecule has 0 saturated carbocycles. The zero-order chi connectivity index (χ0) is 20.4. The van der Waals surface area contributed by atoms with E-state index in [9.17, 15) is 14.4 Å². The lowest BCUT2D eigenvalue weighted by molar-refractivity contribution is -0.133. The van der Waals surface area contributed by atoms with Crippen molar-refractivity contribution in [3.8, 4) is 0 Å². The molecule has 1 N–H and O–H groups in total. The quantitative estimate of drug-likeness (QED) is 0.689. The van der Waals surface area contributed by atoms with E-state index in [1.165, 1.54) is 16.8 Å². The number of likely N-dealkylation sites (tertiary alicyclic amines) is 1. The van der Waals surface area contributed by atoms with Crippen molar-refractivity contribution in [3.63, 3.8) is 0 Å². The minimum absolute atomic E-state index is 0.151. The third-order valence-electron chi connectivity index (χ3n) is 4.90. The summed E-state index contributed by atoms with van der Waals surface area (Å²) in [6.07, 6.45) is 5.11. The first kappa shape index (κ1) is 19.2. The summed E-state index contributed by atoms with van der Waals surface area (Å²) in [6, 6.07) is 8.47. The summed E-state index contributed by atoms with van der Waals surface area (Å²) in [6.45, 7) is 0.413. The standard InChI is InChI=1S/C20H19ClN4O4/c21-14-4-1-3-13(9-14)10-15-11-22-19(29-15)16-5-2-7-25(16)18(27)12-24-8-6-17(26)23-20(24)28/h1,3-4,6,8-9,11,16H,2,5,7,10,12H2,(H,23,26,28)/t16-/m1/s1. The fourth-order valence-corrected chi connectivity index (χ4v) is 3.75. The number of aromatic amines is 1. The van der Waals surface area contributed by atoms with E-state index in [-0.39, 0.29) is 18.5 Å². The molecule has 29 heavy (non-hydrogen) atoms. The van der Waals surface area contributed by atoms with Crippen LogP contribution < -0.4 is 11.2 Å². The smallest absolute Gasteiger partial charge is 0.328 e. The number of oxazole rings is 1. The van der Waals surface area contributed by atoms with Crippen LogP contribution in [0.4, 0.5) is 0 Å². The first-order valence-electron chi connectivity index (χ1n) is 9.28. The molecule has 150 valence electrons. The van der Waals surface area contributed by atoms with Gasteiger partial charge in [0.05, 0.1) is 6.20 Å². The van der Waals surface area contributed by atoms with E-state index >= 15 is 0 Å². The van der Waals surface area contributed by atoms with Crippen LogP contribution in [-0.4, -0.2) is 31.9 Å². The third kappa shape index (κ3) is 4.32. The number of benzene rings is 1. The minimum Gasteiger partial charge on any atom is -0.443 e. The minimum atomic E-state index is -0.610. The zero-order valence-electron chi connectivity index (χ0n) is 15.5. The van der Waals surface area contributed by atoms with Gasteiger partial charge in [-0.05, 0) is 30.5 Å². The van der Waals surface area contributed by atoms with Crippen LogP contribution in [0.1, 0.15) is 36.1 Å². The molecule has 8 nitrogen and oxygen atoms in total. The average Bonchev–Trinajstić information content (AvgIpc) is 3.33. The number of nitrogens with one attached hydrogen (secondary N) is 1. The third-order valence-corrected chi connectivity index (χ3v) is 5.13. The molecule has 2 aromatic heterocycles. The Morgan fingerprint density at radius 3 is 2.97 bits per heavy atom. The highest BCUT2D eigenvalue weighted by Crippen LogP contribution is 2.32. The molecule has 0 radical (unpaired) electrons. The fourth-order valence-electron chi connectivity index (χ4n) is 3.53. The van der Waals surface area contributed by atoms with Crippen molar-refractivity contribution in [1.29, 1.82) is 0 Å². The van der Waals surface area contributed by atoms with Crippen LogP contribution in [0, 0.1) is 0 Å². The molecule has 0 aliphatic carbocycles. The van der Waals surface area contributed by atoms with Gasteiger partial charge in [0.1, 0.15) is 18.3 Å². The predicted octanol–water partition coefficient (Wildman–Crippen LogP) is 2.13. The van der Waals surface area contributed by atoms with Crippen molar-refractivity contribution in [2.24, 2.45) is 0 Å². The molecule has 0 unspecified atom stereocenters. The molecule has 1 saturated heterocycles. The molecule has 9 heteroatoms. The molecule has 1 aliphatic heterocycles. The van der Waals surface area contributed by atoms with Gasteiger partial charge in [-0.2, -0.15) is 0 Å². The average molecular weight is 415 g/mol. The van der Waals surface area contributed by atoms with E-state index in [1.54, 1.807) is 11.1 Å². The SMILES string of the molecule is O=C(Cn1ccc(=O)[nH]c1=O)N1CCC[C@@H]1c1ncc(Cc2cccc(Cl)c2)o1. The van der Waals surface area contributed by atoms with E-state index in [0.717, 1.165) is 18.4 Å². The lowest BCUT2D eigenvalue weighted by atomic mass is 10.1. The number of aromatic nitrogens is 3. The topological polar surface area (TPSA) is 101 Å². The number of hydrogen-bond acceptors (Lipinski definition) is 5. The number of halogens is 1. The number of carbonyl (C=O) groups excluding carboxylic acids is 1. The van der Waals surface area contributed by atoms with E-state index in [2.05, 4.69) is 9.97 Å². The summed E-state index contributed by atoms with van der Waals surface area (Å²) >= 11 is 6.03. The maximum absolute atomic E-state index is 12.8. The molecular formula is C20H19ClN4O4. The summed E-state index contributed by atoms with van der Waals surface area (Å²) in [4.78, 5) is 44.0. The van der Waals surface area contributed by atoms with Gasteiger partial charge in [0.25, 0.3) is 5.56 Å². The van der Waals surface area contributed by atoms with Gasteiger partial charge in [0.15, 0.2) is 0 Å². The highest BCUT2D eigenvalue weighted by Gasteiger charge is 2.33. The number of hydrogen-bond donors (Lipinski definition) is 1. The molecule has 1 fully saturated rings. The second kappa shape index (κ2) is 8.08. The van der Waals surface area contributed by atoms with Crippen LogP contribution in [0.15, 0.2) is 56.7 Å². The molecule has 0 bridgehead atoms. The van der Waals surface area contributed by atoms with Gasteiger partial charge in [0.2, 0.25) is 11.8 Å². The molecular weight excluding hydrogens is 396 g/mol. The van der Waals surface area contributed by atoms with E-state index in [4.69, 9.17) is 16.0 Å². The van der Waals surface area contributed by atoms with Gasteiger partial charge in [-0.3, -0.25) is 19.1 Å². The van der Waals surface area contributed by atoms with Crippen molar-refractivity contribution in [1.82, 2.24) is 19.4 Å². The Hall–Kier alpha value is -3.13. The molecule has 3 heterocycles. The highest BCUT2D eigenvalue weighted by atomic mass is 35.5. The maximum Gasteiger partial charge on any atom is 0.328 e. The molecule has 3 aromatic rings. The summed E-state index contributed by atoms with van der Waals surface area (Å²) in [5, 5.41) is 0.660. The van der Waals surface area contributed by atoms with Gasteiger partial charge >= 0.3 is 5.69 Å². The molecule has 1 aliphatic rings. The normalized spacial score (nSPS) is 16.3. The van der Waals surface area contributed by atoms with Crippen molar-refractivity contribution in [2.75, 3.05) is 6.54 Å². The predicted molar refractivity (Wildman–Crippen MR) is 106 cm³/mol. The fraction of sp³-hybridized carbons (Fsp3) is 0.300. The highest BCUT2D eigenvalue weighted by molar-refractivity contribution is 6.30. The van der Waals surface area contributed by atoms with Gasteiger partial charge in [-0.15, -0.1) is 0 Å². The Morgan fingerprint density at radius 1 is 1.31 bits per heavy atom. The van der Waals surface area contributed by atoms with Crippen molar-refractivity contribution in [3.05, 3.63) is 85.8 Å². The summed E-state index contributed by atoms with van der Waals surface area (Å²) in [5.74, 6) is 0.955. The Bertz CT molecular complexity index is 1150. The first-order chi connectivity index (χ1) is 14.0. The van der Waals surface area contributed by atoms with E-state index < -0.39 is 11.2 Å². The summed E-state index contributed by atoms with van der Waals surface area (Å²) in [7, 11) is 0. The lowest BCUT2D eigenvalue weighted by Gasteiger charge is -2.22. The van der Waals surface area contributed by atoms with E-state index in [1.807, 2.05) is 24.3 Å². The number of rotatable bonds is 5. The van der Waals surface area contributed by atoms with Crippen LogP contribution in [0.25, 0.3) is 0 Å². The maximum atomic E-state index is 12.8. The van der Waals surface area contributed by atoms with E-state index in [0.29, 0.717) is 29.6 Å². The number of amides is 1. The monoisotopic (exact) mass is 414 g/mol. The molecule has 4 rings (SSSR count). The van der Waals surface area contributed by atoms with Crippen LogP contribution in [0.3, 0.4) is 0 Å². The Morgan fingerprint density at radius 2 is 2.17 bits per heavy atom. The van der Waals surface area contributed by atoms with Crippen LogP contribution >= 0.6 is 11.6 Å². The molecule has 1 aromatic carbocycles. The Labute approximate surface area is 170 Å². The van der Waals surface area contributed by atoms with Gasteiger partial charge < -0.3 is 9.32 Å². The summed E-state index contributed by atoms with van der Waals surface area (Å²) in [5.41, 5.74) is -0.0942. The molecule has 1 atom stereocenters. The summed E-state index contributed by atoms with van der Waals surface area (Å²) < 4.78 is 7.10. The van der Waals surface area contributed by atoms with Crippen LogP contribution in [-0.2, 0) is 17.8 Å². The number of carbonyl (C=O) groups is 1. The lowest BCUT2D eigenvalue weighted by Crippen LogP contribution is -2.38.